The van der Waals surface area contributed by atoms with Crippen molar-refractivity contribution in [1.82, 2.24) is 10.2 Å². The van der Waals surface area contributed by atoms with Gasteiger partial charge in [0.1, 0.15) is 0 Å². The summed E-state index contributed by atoms with van der Waals surface area (Å²) in [7, 11) is 0. The smallest absolute Gasteiger partial charge is 0.229 e. The number of hydrogen-bond acceptors (Lipinski definition) is 5. The molecule has 2 atom stereocenters. The van der Waals surface area contributed by atoms with E-state index < -0.39 is 0 Å². The summed E-state index contributed by atoms with van der Waals surface area (Å²) in [4.78, 5) is 11.8. The first-order chi connectivity index (χ1) is 9.72. The van der Waals surface area contributed by atoms with Crippen molar-refractivity contribution in [3.8, 4) is 0 Å². The third kappa shape index (κ3) is 3.37. The second kappa shape index (κ2) is 5.93. The van der Waals surface area contributed by atoms with Gasteiger partial charge in [0.05, 0.1) is 0 Å². The van der Waals surface area contributed by atoms with Crippen molar-refractivity contribution < 1.29 is 4.79 Å². The Kier molecular flexibility index (Phi) is 4.03. The van der Waals surface area contributed by atoms with Gasteiger partial charge in [-0.3, -0.25) is 4.79 Å². The second-order valence-electron chi connectivity index (χ2n) is 4.96. The van der Waals surface area contributed by atoms with Gasteiger partial charge in [0.2, 0.25) is 11.0 Å². The van der Waals surface area contributed by atoms with Crippen LogP contribution in [-0.4, -0.2) is 16.1 Å². The summed E-state index contributed by atoms with van der Waals surface area (Å²) in [6, 6.07) is 10.2. The third-order valence-electron chi connectivity index (χ3n) is 3.29. The third-order valence-corrected chi connectivity index (χ3v) is 5.33. The molecule has 1 aromatic carbocycles. The van der Waals surface area contributed by atoms with Gasteiger partial charge in [-0.1, -0.05) is 60.4 Å². The Balaban J connectivity index is 1.53. The van der Waals surface area contributed by atoms with Gasteiger partial charge in [0.15, 0.2) is 4.34 Å². The summed E-state index contributed by atoms with van der Waals surface area (Å²) in [5.74, 6) is 1.62. The van der Waals surface area contributed by atoms with Gasteiger partial charge < -0.3 is 5.32 Å². The highest BCUT2D eigenvalue weighted by molar-refractivity contribution is 8.00. The monoisotopic (exact) mass is 305 g/mol. The van der Waals surface area contributed by atoms with E-state index in [0.29, 0.717) is 11.0 Å². The summed E-state index contributed by atoms with van der Waals surface area (Å²) >= 11 is 3.08. The predicted octanol–water partition coefficient (Wildman–Crippen LogP) is 3.42. The molecule has 0 saturated heterocycles. The molecule has 1 aliphatic rings. The summed E-state index contributed by atoms with van der Waals surface area (Å²) < 4.78 is 0.882. The second-order valence-corrected chi connectivity index (χ2v) is 7.16. The summed E-state index contributed by atoms with van der Waals surface area (Å²) in [6.07, 6.45) is 0.986. The fourth-order valence-corrected chi connectivity index (χ4v) is 3.63. The Morgan fingerprint density at radius 2 is 2.15 bits per heavy atom. The highest BCUT2D eigenvalue weighted by Gasteiger charge is 2.39. The molecule has 4 nitrogen and oxygen atoms in total. The molecule has 0 radical (unpaired) electrons. The summed E-state index contributed by atoms with van der Waals surface area (Å²) in [5.41, 5.74) is 1.25. The van der Waals surface area contributed by atoms with E-state index in [-0.39, 0.29) is 11.8 Å². The van der Waals surface area contributed by atoms with Gasteiger partial charge in [-0.05, 0) is 17.9 Å². The Bertz CT molecular complexity index is 599. The van der Waals surface area contributed by atoms with Crippen molar-refractivity contribution in [2.75, 3.05) is 5.32 Å². The lowest BCUT2D eigenvalue weighted by molar-refractivity contribution is -0.117. The van der Waals surface area contributed by atoms with Crippen LogP contribution in [-0.2, 0) is 10.5 Å². The molecule has 2 unspecified atom stereocenters. The lowest BCUT2D eigenvalue weighted by Gasteiger charge is -1.98. The number of rotatable bonds is 5. The largest absolute Gasteiger partial charge is 0.300 e. The lowest BCUT2D eigenvalue weighted by atomic mass is 10.2. The first-order valence-electron chi connectivity index (χ1n) is 6.53. The maximum absolute atomic E-state index is 11.8. The number of anilines is 1. The highest BCUT2D eigenvalue weighted by atomic mass is 32.2. The summed E-state index contributed by atoms with van der Waals surface area (Å²) in [6.45, 7) is 2.09. The van der Waals surface area contributed by atoms with Crippen LogP contribution in [0.2, 0.25) is 0 Å². The van der Waals surface area contributed by atoms with Crippen LogP contribution in [0.4, 0.5) is 5.13 Å². The van der Waals surface area contributed by atoms with Crippen LogP contribution >= 0.6 is 23.1 Å². The number of carbonyl (C=O) groups excluding carboxylic acids is 1. The minimum Gasteiger partial charge on any atom is -0.300 e. The van der Waals surface area contributed by atoms with Gasteiger partial charge in [0, 0.05) is 11.7 Å². The molecular formula is C14H15N3OS2. The van der Waals surface area contributed by atoms with E-state index in [9.17, 15) is 4.79 Å². The maximum Gasteiger partial charge on any atom is 0.229 e. The number of thioether (sulfide) groups is 1. The van der Waals surface area contributed by atoms with E-state index in [1.807, 2.05) is 18.2 Å². The first kappa shape index (κ1) is 13.6. The number of carbonyl (C=O) groups is 1. The number of amides is 1. The first-order valence-corrected chi connectivity index (χ1v) is 8.33. The molecule has 0 aliphatic heterocycles. The molecule has 0 bridgehead atoms. The van der Waals surface area contributed by atoms with Crippen LogP contribution in [0.1, 0.15) is 18.9 Å². The van der Waals surface area contributed by atoms with E-state index in [1.54, 1.807) is 11.8 Å². The van der Waals surface area contributed by atoms with Crippen LogP contribution < -0.4 is 5.32 Å². The lowest BCUT2D eigenvalue weighted by Crippen LogP contribution is -2.14. The van der Waals surface area contributed by atoms with E-state index >= 15 is 0 Å². The number of nitrogens with one attached hydrogen (secondary N) is 1. The fourth-order valence-electron chi connectivity index (χ4n) is 1.92. The van der Waals surface area contributed by atoms with Gasteiger partial charge >= 0.3 is 0 Å². The van der Waals surface area contributed by atoms with Crippen LogP contribution in [0.3, 0.4) is 0 Å². The Morgan fingerprint density at radius 3 is 2.85 bits per heavy atom. The van der Waals surface area contributed by atoms with E-state index in [1.165, 1.54) is 16.9 Å². The zero-order valence-electron chi connectivity index (χ0n) is 11.1. The minimum absolute atomic E-state index is 0.0771. The van der Waals surface area contributed by atoms with Crippen LogP contribution in [0.5, 0.6) is 0 Å². The topological polar surface area (TPSA) is 54.9 Å². The molecule has 20 heavy (non-hydrogen) atoms. The van der Waals surface area contributed by atoms with Crippen molar-refractivity contribution >= 4 is 34.1 Å². The average Bonchev–Trinajstić information content (AvgIpc) is 3.03. The van der Waals surface area contributed by atoms with Gasteiger partial charge in [-0.25, -0.2) is 0 Å². The van der Waals surface area contributed by atoms with Crippen LogP contribution in [0.25, 0.3) is 0 Å². The Labute approximate surface area is 126 Å². The van der Waals surface area contributed by atoms with Crippen molar-refractivity contribution in [3.63, 3.8) is 0 Å². The maximum atomic E-state index is 11.8. The quantitative estimate of drug-likeness (QED) is 0.679. The zero-order chi connectivity index (χ0) is 13.9. The number of benzene rings is 1. The molecule has 2 aromatic rings. The molecule has 1 amide bonds. The van der Waals surface area contributed by atoms with E-state index in [2.05, 4.69) is 34.6 Å². The molecule has 1 N–H and O–H groups in total. The van der Waals surface area contributed by atoms with Crippen molar-refractivity contribution in [2.45, 2.75) is 23.4 Å². The molecule has 6 heteroatoms. The van der Waals surface area contributed by atoms with E-state index in [0.717, 1.165) is 16.5 Å². The van der Waals surface area contributed by atoms with Gasteiger partial charge in [-0.15, -0.1) is 10.2 Å². The predicted molar refractivity (Wildman–Crippen MR) is 81.8 cm³/mol. The molecule has 1 saturated carbocycles. The fraction of sp³-hybridized carbons (Fsp3) is 0.357. The average molecular weight is 305 g/mol. The normalized spacial score (nSPS) is 20.6. The van der Waals surface area contributed by atoms with Crippen LogP contribution in [0.15, 0.2) is 34.7 Å². The SMILES string of the molecule is CC1CC1C(=O)Nc1nnc(SCc2ccccc2)s1. The number of aromatic nitrogens is 2. The molecule has 0 spiro atoms. The summed E-state index contributed by atoms with van der Waals surface area (Å²) in [5, 5.41) is 11.6. The highest BCUT2D eigenvalue weighted by Crippen LogP contribution is 2.39. The van der Waals surface area contributed by atoms with E-state index in [4.69, 9.17) is 0 Å². The standard InChI is InChI=1S/C14H15N3OS2/c1-9-7-11(9)12(18)15-13-16-17-14(20-13)19-8-10-5-3-2-4-6-10/h2-6,9,11H,7-8H2,1H3,(H,15,16,18). The Hall–Kier alpha value is -1.40. The molecule has 1 aliphatic carbocycles. The molecular weight excluding hydrogens is 290 g/mol. The van der Waals surface area contributed by atoms with Crippen LogP contribution in [0, 0.1) is 11.8 Å². The molecule has 1 fully saturated rings. The van der Waals surface area contributed by atoms with Crippen molar-refractivity contribution in [3.05, 3.63) is 35.9 Å². The minimum atomic E-state index is 0.0771. The number of hydrogen-bond donors (Lipinski definition) is 1. The number of nitrogens with zero attached hydrogens (tertiary/aromatic N) is 2. The molecule has 3 rings (SSSR count). The molecule has 104 valence electrons. The van der Waals surface area contributed by atoms with Crippen molar-refractivity contribution in [2.24, 2.45) is 11.8 Å². The Morgan fingerprint density at radius 1 is 1.40 bits per heavy atom. The van der Waals surface area contributed by atoms with Crippen molar-refractivity contribution in [1.29, 1.82) is 0 Å². The van der Waals surface area contributed by atoms with Gasteiger partial charge in [-0.2, -0.15) is 0 Å². The van der Waals surface area contributed by atoms with Gasteiger partial charge in [0.25, 0.3) is 0 Å². The molecule has 1 aromatic heterocycles. The molecule has 1 heterocycles. The zero-order valence-corrected chi connectivity index (χ0v) is 12.7.